The number of Topliss-reactive ketones (excluding diaryl/α,β-unsaturated/α-hetero) is 5. The van der Waals surface area contributed by atoms with Crippen LogP contribution in [0.5, 0.6) is 0 Å². The lowest BCUT2D eigenvalue weighted by molar-refractivity contribution is -0.189. The largest absolute Gasteiger partial charge is 0.462 e. The maximum atomic E-state index is 14.0. The first-order valence-electron chi connectivity index (χ1n) is 38.6. The third kappa shape index (κ3) is 31.6. The first-order chi connectivity index (χ1) is 57.0. The number of hydrogen-bond acceptors (Lipinski definition) is 25. The van der Waals surface area contributed by atoms with Crippen molar-refractivity contribution in [3.8, 4) is 0 Å². The molecule has 0 N–H and O–H groups in total. The molecular weight excluding hydrogens is 1670 g/mol. The third-order valence-corrected chi connectivity index (χ3v) is 19.7. The van der Waals surface area contributed by atoms with Crippen LogP contribution in [0.15, 0.2) is 87.5 Å². The lowest BCUT2D eigenvalue weighted by atomic mass is 9.84. The molecule has 124 heavy (non-hydrogen) atoms. The van der Waals surface area contributed by atoms with Gasteiger partial charge in [0.2, 0.25) is 12.0 Å². The van der Waals surface area contributed by atoms with Gasteiger partial charge in [-0.1, -0.05) is 118 Å². The van der Waals surface area contributed by atoms with Crippen molar-refractivity contribution in [3.05, 3.63) is 182 Å². The minimum Gasteiger partial charge on any atom is -0.462 e. The molecule has 1 fully saturated rings. The van der Waals surface area contributed by atoms with E-state index in [2.05, 4.69) is 47.2 Å². The number of carbonyl (C=O) groups is 15. The minimum atomic E-state index is -1.99. The Morgan fingerprint density at radius 3 is 1.18 bits per heavy atom. The molecule has 0 aliphatic heterocycles. The molecule has 6 atom stereocenters. The van der Waals surface area contributed by atoms with Crippen LogP contribution in [0, 0.1) is 63.8 Å². The molecular formula is C92H111Cl2F4NO25. The molecule has 1 aliphatic carbocycles. The second-order valence-electron chi connectivity index (χ2n) is 32.6. The van der Waals surface area contributed by atoms with Gasteiger partial charge >= 0.3 is 59.7 Å². The van der Waals surface area contributed by atoms with E-state index in [0.717, 1.165) is 63.2 Å². The van der Waals surface area contributed by atoms with E-state index in [1.165, 1.54) is 113 Å². The van der Waals surface area contributed by atoms with Crippen LogP contribution in [-0.4, -0.2) is 144 Å². The summed E-state index contributed by atoms with van der Waals surface area (Å²) in [6.07, 6.45) is 10.2. The van der Waals surface area contributed by atoms with Crippen molar-refractivity contribution in [2.75, 3.05) is 26.4 Å². The second kappa shape index (κ2) is 47.3. The number of esters is 10. The molecule has 0 bridgehead atoms. The quantitative estimate of drug-likeness (QED) is 0.00660. The van der Waals surface area contributed by atoms with Gasteiger partial charge in [0.05, 0.1) is 33.8 Å². The van der Waals surface area contributed by atoms with Gasteiger partial charge in [-0.3, -0.25) is 47.9 Å². The zero-order valence-electron chi connectivity index (χ0n) is 74.2. The molecule has 32 heteroatoms. The molecule has 4 aromatic rings. The fourth-order valence-electron chi connectivity index (χ4n) is 9.92. The van der Waals surface area contributed by atoms with Crippen LogP contribution >= 0.6 is 23.2 Å². The topological polar surface area (TPSA) is 353 Å². The average Bonchev–Trinajstić information content (AvgIpc) is 0.776. The molecule has 0 radical (unpaired) electrons. The van der Waals surface area contributed by atoms with Crippen molar-refractivity contribution in [1.82, 2.24) is 0 Å². The standard InChI is InChI=1S/C22H28O5.C20H23NO5.C19H22Cl2O5.C19H20F4O5.C12H18O5/c1-5-17-11-12-19(15(2)13-17)20(24)26-14-22(4,16(3)23)21(25)27-18-9-7-6-8-10-18;1-8-14-9-10-15(16(11-14)21-7)17(23)25-12-20(6,13(2)22)18(24)26-19(3,4)5;1-7-12-8-15(21)13(9-14(12)20)16(23)25-10-19(6,11(2)22)17(24)26-18(3,4)5;1-7-10-12(20)14(22)11(15(23)13(10)21)16(25)27-8-19(6,9(2)24)17(26)28-18(3,4)5;1-6-10(14)16-9(4)17-11(15)12(5,7-2)8(3)13/h5,11-13,18H,1,6-10,14H2,2-4H3;8-11H,1,12H2,2-6H3;7-9H,1,10H2,2-6H3;7H,1,8H2,2-6H3;6,9H,1,7H2,2-5H3. The average molecular weight is 1780 g/mol. The highest BCUT2D eigenvalue weighted by Gasteiger charge is 2.48. The monoisotopic (exact) mass is 1780 g/mol. The molecule has 0 aromatic heterocycles. The van der Waals surface area contributed by atoms with Gasteiger partial charge in [0, 0.05) is 18.0 Å². The van der Waals surface area contributed by atoms with E-state index in [-0.39, 0.29) is 51.1 Å². The number of rotatable bonds is 31. The van der Waals surface area contributed by atoms with Crippen LogP contribution in [0.1, 0.15) is 253 Å². The van der Waals surface area contributed by atoms with Gasteiger partial charge in [0.25, 0.3) is 0 Å². The van der Waals surface area contributed by atoms with Crippen LogP contribution in [0.4, 0.5) is 23.2 Å². The highest BCUT2D eigenvalue weighted by Crippen LogP contribution is 2.35. The lowest BCUT2D eigenvalue weighted by Crippen LogP contribution is -2.44. The highest BCUT2D eigenvalue weighted by molar-refractivity contribution is 6.36. The molecule has 0 amide bonds. The Labute approximate surface area is 730 Å². The van der Waals surface area contributed by atoms with E-state index in [1.54, 1.807) is 85.7 Å². The normalized spacial score (nSPS) is 14.4. The number of halogens is 6. The maximum absolute atomic E-state index is 14.0. The van der Waals surface area contributed by atoms with Crippen LogP contribution in [0.25, 0.3) is 29.1 Å². The molecule has 1 saturated carbocycles. The van der Waals surface area contributed by atoms with E-state index >= 15 is 0 Å². The summed E-state index contributed by atoms with van der Waals surface area (Å²) in [4.78, 5) is 184. The SMILES string of the molecule is C=CC(=O)OC(C)OC(=O)C(C)(CC)C(C)=O.C=Cc1c(F)c(F)c(C(=O)OCC(C)(C(C)=O)C(=O)OC(C)(C)C)c(F)c1F.C=Cc1cc(Cl)c(C(=O)OCC(C)(C(C)=O)C(=O)OC(C)(C)C)cc1Cl.C=Cc1ccc(C(=O)OCC(C)(C(C)=O)C(=O)OC2CCCCC2)c(C)c1.[C-]#[N+]c1cc(C=C)ccc1C(=O)OCC(C)(C(C)=O)C(=O)OC(C)(C)C. The number of nitrogens with zero attached hydrogens (tertiary/aromatic N) is 1. The zero-order chi connectivity index (χ0) is 96.1. The van der Waals surface area contributed by atoms with Crippen molar-refractivity contribution in [1.29, 1.82) is 0 Å². The first kappa shape index (κ1) is 110. The van der Waals surface area contributed by atoms with Crippen molar-refractivity contribution in [2.45, 2.75) is 220 Å². The Morgan fingerprint density at radius 2 is 0.831 bits per heavy atom. The summed E-state index contributed by atoms with van der Waals surface area (Å²) in [5.41, 5.74) is -9.71. The third-order valence-electron chi connectivity index (χ3n) is 19.1. The smallest absolute Gasteiger partial charge is 0.344 e. The van der Waals surface area contributed by atoms with E-state index in [1.807, 2.05) is 6.07 Å². The van der Waals surface area contributed by atoms with E-state index in [0.29, 0.717) is 29.2 Å². The van der Waals surface area contributed by atoms with Gasteiger partial charge in [-0.15, -0.1) is 0 Å². The van der Waals surface area contributed by atoms with Crippen molar-refractivity contribution in [3.63, 3.8) is 0 Å². The number of carbonyl (C=O) groups excluding carboxylic acids is 15. The summed E-state index contributed by atoms with van der Waals surface area (Å²) in [6.45, 7) is 54.6. The molecule has 4 aromatic carbocycles. The zero-order valence-corrected chi connectivity index (χ0v) is 75.7. The number of hydrogen-bond donors (Lipinski definition) is 0. The number of ether oxygens (including phenoxy) is 10. The Bertz CT molecular complexity index is 4770. The van der Waals surface area contributed by atoms with Crippen LogP contribution in [0.2, 0.25) is 10.0 Å². The predicted octanol–water partition coefficient (Wildman–Crippen LogP) is 18.6. The van der Waals surface area contributed by atoms with Crippen molar-refractivity contribution >= 4 is 142 Å². The van der Waals surface area contributed by atoms with E-state index < -0.39 is 181 Å². The van der Waals surface area contributed by atoms with Gasteiger partial charge < -0.3 is 47.4 Å². The summed E-state index contributed by atoms with van der Waals surface area (Å²) in [5, 5.41) is 0.397. The highest BCUT2D eigenvalue weighted by atomic mass is 35.5. The van der Waals surface area contributed by atoms with E-state index in [9.17, 15) is 89.5 Å². The van der Waals surface area contributed by atoms with Crippen LogP contribution < -0.4 is 0 Å². The number of ketones is 5. The number of benzene rings is 4. The lowest BCUT2D eigenvalue weighted by Gasteiger charge is -2.29. The van der Waals surface area contributed by atoms with Gasteiger partial charge in [-0.2, -0.15) is 0 Å². The van der Waals surface area contributed by atoms with Crippen molar-refractivity contribution in [2.24, 2.45) is 27.1 Å². The summed E-state index contributed by atoms with van der Waals surface area (Å²) in [7, 11) is 0. The van der Waals surface area contributed by atoms with Crippen molar-refractivity contribution < 1.29 is 137 Å². The molecule has 0 spiro atoms. The number of aryl methyl sites for hydroxylation is 1. The molecule has 5 rings (SSSR count). The predicted molar refractivity (Wildman–Crippen MR) is 455 cm³/mol. The Kier molecular flexibility index (Phi) is 42.1. The van der Waals surface area contributed by atoms with Crippen LogP contribution in [-0.2, 0) is 100 Å². The fourth-order valence-corrected chi connectivity index (χ4v) is 10.4. The summed E-state index contributed by atoms with van der Waals surface area (Å²) < 4.78 is 107. The maximum Gasteiger partial charge on any atom is 0.344 e. The molecule has 676 valence electrons. The van der Waals surface area contributed by atoms with Gasteiger partial charge in [-0.25, -0.2) is 46.4 Å². The van der Waals surface area contributed by atoms with Crippen LogP contribution in [0.3, 0.4) is 0 Å². The Balaban J connectivity index is 0.000000781. The molecule has 0 heterocycles. The summed E-state index contributed by atoms with van der Waals surface area (Å²) >= 11 is 12.1. The minimum absolute atomic E-state index is 0.0253. The molecule has 0 saturated heterocycles. The Hall–Kier alpha value is -11.6. The van der Waals surface area contributed by atoms with E-state index in [4.69, 9.17) is 67.7 Å². The van der Waals surface area contributed by atoms with Gasteiger partial charge in [0.15, 0.2) is 44.9 Å². The second-order valence-corrected chi connectivity index (χ2v) is 33.4. The van der Waals surface area contributed by atoms with Gasteiger partial charge in [-0.05, 0) is 217 Å². The fraction of sp³-hybridized carbons (Fsp3) is 0.457. The molecule has 6 unspecified atom stereocenters. The molecule has 1 aliphatic rings. The summed E-state index contributed by atoms with van der Waals surface area (Å²) in [6, 6.07) is 12.6. The van der Waals surface area contributed by atoms with Gasteiger partial charge in [0.1, 0.15) is 89.2 Å². The summed E-state index contributed by atoms with van der Waals surface area (Å²) in [5.74, 6) is -18.5. The first-order valence-corrected chi connectivity index (χ1v) is 39.4. The Morgan fingerprint density at radius 1 is 0.460 bits per heavy atom. The molecule has 26 nitrogen and oxygen atoms in total.